The molecule has 1 aromatic heterocycles. The van der Waals surface area contributed by atoms with Crippen LogP contribution in [0.3, 0.4) is 0 Å². The van der Waals surface area contributed by atoms with Gasteiger partial charge in [-0.15, -0.1) is 0 Å². The molecule has 0 amide bonds. The van der Waals surface area contributed by atoms with Crippen LogP contribution in [0.5, 0.6) is 0 Å². The Bertz CT molecular complexity index is 533. The van der Waals surface area contributed by atoms with Crippen LogP contribution in [0.1, 0.15) is 51.8 Å². The number of fused-ring (bicyclic) bond motifs is 1. The third-order valence-corrected chi connectivity index (χ3v) is 3.15. The topological polar surface area (TPSA) is 12.9 Å². The van der Waals surface area contributed by atoms with Gasteiger partial charge in [0, 0.05) is 11.1 Å². The fraction of sp³-hybridized carbons (Fsp3) is 0.438. The zero-order chi connectivity index (χ0) is 12.6. The minimum atomic E-state index is 0.167. The molecule has 0 saturated heterocycles. The average Bonchev–Trinajstić information content (AvgIpc) is 2.26. The van der Waals surface area contributed by atoms with Gasteiger partial charge >= 0.3 is 0 Å². The van der Waals surface area contributed by atoms with Gasteiger partial charge in [-0.05, 0) is 29.0 Å². The Morgan fingerprint density at radius 3 is 2.29 bits per heavy atom. The molecule has 0 aliphatic heterocycles. The molecule has 1 heterocycles. The number of nitrogens with zero attached hydrogens (tertiary/aromatic N) is 1. The first-order valence-corrected chi connectivity index (χ1v) is 6.30. The maximum Gasteiger partial charge on any atom is 0.0708 e. The Labute approximate surface area is 104 Å². The molecule has 0 aliphatic carbocycles. The monoisotopic (exact) mass is 227 g/mol. The highest BCUT2D eigenvalue weighted by molar-refractivity contribution is 5.83. The van der Waals surface area contributed by atoms with Crippen molar-refractivity contribution in [2.75, 3.05) is 0 Å². The van der Waals surface area contributed by atoms with Gasteiger partial charge in [-0.1, -0.05) is 52.8 Å². The first kappa shape index (κ1) is 12.1. The van der Waals surface area contributed by atoms with E-state index in [0.29, 0.717) is 5.92 Å². The molecule has 0 N–H and O–H groups in total. The predicted octanol–water partition coefficient (Wildman–Crippen LogP) is 4.66. The summed E-state index contributed by atoms with van der Waals surface area (Å²) < 4.78 is 0. The summed E-state index contributed by atoms with van der Waals surface area (Å²) in [7, 11) is 0. The minimum Gasteiger partial charge on any atom is -0.253 e. The third-order valence-electron chi connectivity index (χ3n) is 3.15. The summed E-state index contributed by atoms with van der Waals surface area (Å²) in [6, 6.07) is 10.8. The van der Waals surface area contributed by atoms with Crippen molar-refractivity contribution in [3.63, 3.8) is 0 Å². The first-order chi connectivity index (χ1) is 7.89. The van der Waals surface area contributed by atoms with Crippen molar-refractivity contribution < 1.29 is 0 Å². The second-order valence-electron chi connectivity index (χ2n) is 6.01. The first-order valence-electron chi connectivity index (χ1n) is 6.30. The van der Waals surface area contributed by atoms with E-state index in [2.05, 4.69) is 65.0 Å². The van der Waals surface area contributed by atoms with Crippen LogP contribution in [0.15, 0.2) is 30.3 Å². The van der Waals surface area contributed by atoms with Gasteiger partial charge in [-0.2, -0.15) is 0 Å². The van der Waals surface area contributed by atoms with Gasteiger partial charge < -0.3 is 0 Å². The Balaban J connectivity index is 2.67. The summed E-state index contributed by atoms with van der Waals surface area (Å²) in [5, 5.41) is 1.28. The lowest BCUT2D eigenvalue weighted by atomic mass is 9.84. The van der Waals surface area contributed by atoms with Crippen LogP contribution in [0.25, 0.3) is 10.9 Å². The van der Waals surface area contributed by atoms with Crippen molar-refractivity contribution in [3.05, 3.63) is 41.6 Å². The minimum absolute atomic E-state index is 0.167. The van der Waals surface area contributed by atoms with E-state index < -0.39 is 0 Å². The lowest BCUT2D eigenvalue weighted by Crippen LogP contribution is -2.11. The van der Waals surface area contributed by atoms with Crippen LogP contribution in [0, 0.1) is 0 Å². The van der Waals surface area contributed by atoms with E-state index >= 15 is 0 Å². The van der Waals surface area contributed by atoms with Crippen molar-refractivity contribution in [1.82, 2.24) is 4.98 Å². The van der Waals surface area contributed by atoms with Crippen LogP contribution in [0.2, 0.25) is 0 Å². The standard InChI is InChI=1S/C16H21N/c1-11(2)14-10-9-12-13(16(3,4)5)7-6-8-15(12)17-14/h6-11H,1-5H3. The molecule has 1 heteroatoms. The van der Waals surface area contributed by atoms with Gasteiger partial charge in [-0.3, -0.25) is 4.98 Å². The SMILES string of the molecule is CC(C)c1ccc2c(C(C)(C)C)cccc2n1. The number of hydrogen-bond acceptors (Lipinski definition) is 1. The van der Waals surface area contributed by atoms with Crippen LogP contribution >= 0.6 is 0 Å². The van der Waals surface area contributed by atoms with E-state index in [1.54, 1.807) is 0 Å². The molecule has 0 fully saturated rings. The predicted molar refractivity (Wildman–Crippen MR) is 74.5 cm³/mol. The Kier molecular flexibility index (Phi) is 2.94. The zero-order valence-electron chi connectivity index (χ0n) is 11.4. The van der Waals surface area contributed by atoms with Crippen molar-refractivity contribution >= 4 is 10.9 Å². The summed E-state index contributed by atoms with van der Waals surface area (Å²) in [6.45, 7) is 11.1. The van der Waals surface area contributed by atoms with Gasteiger partial charge in [0.15, 0.2) is 0 Å². The maximum atomic E-state index is 4.75. The summed E-state index contributed by atoms with van der Waals surface area (Å²) in [5.41, 5.74) is 3.82. The zero-order valence-corrected chi connectivity index (χ0v) is 11.4. The van der Waals surface area contributed by atoms with E-state index in [1.165, 1.54) is 16.6 Å². The highest BCUT2D eigenvalue weighted by atomic mass is 14.7. The second kappa shape index (κ2) is 4.14. The van der Waals surface area contributed by atoms with Crippen LogP contribution < -0.4 is 0 Å². The smallest absolute Gasteiger partial charge is 0.0708 e. The molecule has 0 spiro atoms. The molecule has 0 bridgehead atoms. The lowest BCUT2D eigenvalue weighted by Gasteiger charge is -2.21. The molecule has 0 unspecified atom stereocenters. The largest absolute Gasteiger partial charge is 0.253 e. The number of aromatic nitrogens is 1. The van der Waals surface area contributed by atoms with Crippen molar-refractivity contribution in [1.29, 1.82) is 0 Å². The lowest BCUT2D eigenvalue weighted by molar-refractivity contribution is 0.596. The van der Waals surface area contributed by atoms with Crippen LogP contribution in [-0.2, 0) is 5.41 Å². The number of pyridine rings is 1. The number of benzene rings is 1. The molecule has 17 heavy (non-hydrogen) atoms. The van der Waals surface area contributed by atoms with Crippen molar-refractivity contribution in [2.45, 2.75) is 46.0 Å². The quantitative estimate of drug-likeness (QED) is 0.690. The van der Waals surface area contributed by atoms with Gasteiger partial charge in [0.1, 0.15) is 0 Å². The van der Waals surface area contributed by atoms with Gasteiger partial charge in [0.05, 0.1) is 5.52 Å². The number of hydrogen-bond donors (Lipinski definition) is 0. The van der Waals surface area contributed by atoms with Crippen LogP contribution in [-0.4, -0.2) is 4.98 Å². The van der Waals surface area contributed by atoms with E-state index in [9.17, 15) is 0 Å². The molecule has 1 aromatic carbocycles. The van der Waals surface area contributed by atoms with Gasteiger partial charge in [0.25, 0.3) is 0 Å². The molecule has 0 aliphatic rings. The fourth-order valence-corrected chi connectivity index (χ4v) is 2.15. The molecule has 0 atom stereocenters. The fourth-order valence-electron chi connectivity index (χ4n) is 2.15. The van der Waals surface area contributed by atoms with E-state index in [-0.39, 0.29) is 5.41 Å². The molecule has 2 aromatic rings. The van der Waals surface area contributed by atoms with Crippen molar-refractivity contribution in [3.8, 4) is 0 Å². The van der Waals surface area contributed by atoms with Crippen LogP contribution in [0.4, 0.5) is 0 Å². The normalized spacial score (nSPS) is 12.4. The molecule has 2 rings (SSSR count). The summed E-state index contributed by atoms with van der Waals surface area (Å²) in [4.78, 5) is 4.75. The Morgan fingerprint density at radius 2 is 1.71 bits per heavy atom. The van der Waals surface area contributed by atoms with Gasteiger partial charge in [0.2, 0.25) is 0 Å². The molecule has 90 valence electrons. The van der Waals surface area contributed by atoms with Gasteiger partial charge in [-0.25, -0.2) is 0 Å². The third kappa shape index (κ3) is 2.33. The summed E-state index contributed by atoms with van der Waals surface area (Å²) >= 11 is 0. The molecular weight excluding hydrogens is 206 g/mol. The molecule has 0 saturated carbocycles. The Morgan fingerprint density at radius 1 is 1.00 bits per heavy atom. The van der Waals surface area contributed by atoms with E-state index in [4.69, 9.17) is 4.98 Å². The van der Waals surface area contributed by atoms with Crippen molar-refractivity contribution in [2.24, 2.45) is 0 Å². The summed E-state index contributed by atoms with van der Waals surface area (Å²) in [6.07, 6.45) is 0. The molecule has 1 nitrogen and oxygen atoms in total. The molecular formula is C16H21N. The summed E-state index contributed by atoms with van der Waals surface area (Å²) in [5.74, 6) is 0.484. The highest BCUT2D eigenvalue weighted by Gasteiger charge is 2.17. The van der Waals surface area contributed by atoms with E-state index in [0.717, 1.165) is 5.52 Å². The Hall–Kier alpha value is -1.37. The molecule has 0 radical (unpaired) electrons. The number of rotatable bonds is 1. The van der Waals surface area contributed by atoms with E-state index in [1.807, 2.05) is 0 Å². The second-order valence-corrected chi connectivity index (χ2v) is 6.01. The average molecular weight is 227 g/mol. The maximum absolute atomic E-state index is 4.75. The highest BCUT2D eigenvalue weighted by Crippen LogP contribution is 2.29.